The molecule has 1 heterocycles. The van der Waals surface area contributed by atoms with Gasteiger partial charge in [-0.2, -0.15) is 5.10 Å². The number of hydrogen-bond acceptors (Lipinski definition) is 2. The molecule has 0 atom stereocenters. The second kappa shape index (κ2) is 4.37. The third kappa shape index (κ3) is 2.20. The van der Waals surface area contributed by atoms with Gasteiger partial charge in [0, 0.05) is 0 Å². The maximum absolute atomic E-state index is 10.6. The van der Waals surface area contributed by atoms with Crippen molar-refractivity contribution in [1.82, 2.24) is 10.2 Å². The molecule has 0 unspecified atom stereocenters. The van der Waals surface area contributed by atoms with E-state index in [1.807, 2.05) is 42.5 Å². The monoisotopic (exact) mass is 198 g/mol. The number of hydrogen-bond donors (Lipinski definition) is 1. The summed E-state index contributed by atoms with van der Waals surface area (Å²) in [6, 6.07) is 9.88. The zero-order valence-electron chi connectivity index (χ0n) is 8.05. The van der Waals surface area contributed by atoms with Gasteiger partial charge in [0.2, 0.25) is 0 Å². The first kappa shape index (κ1) is 9.40. The minimum Gasteiger partial charge on any atom is -0.298 e. The normalized spacial score (nSPS) is 10.7. The van der Waals surface area contributed by atoms with E-state index in [1.165, 1.54) is 6.20 Å². The average Bonchev–Trinajstić information content (AvgIpc) is 2.75. The van der Waals surface area contributed by atoms with E-state index in [2.05, 4.69) is 10.2 Å². The molecule has 0 aliphatic heterocycles. The third-order valence-corrected chi connectivity index (χ3v) is 2.07. The first-order chi connectivity index (χ1) is 7.40. The van der Waals surface area contributed by atoms with Gasteiger partial charge in [-0.25, -0.2) is 0 Å². The molecule has 15 heavy (non-hydrogen) atoms. The number of rotatable bonds is 3. The lowest BCUT2D eigenvalue weighted by Crippen LogP contribution is -1.80. The number of carbonyl (C=O) groups excluding carboxylic acids is 1. The summed E-state index contributed by atoms with van der Waals surface area (Å²) >= 11 is 0. The van der Waals surface area contributed by atoms with Crippen molar-refractivity contribution in [2.24, 2.45) is 0 Å². The molecule has 74 valence electrons. The van der Waals surface area contributed by atoms with Gasteiger partial charge in [0.05, 0.1) is 17.5 Å². The van der Waals surface area contributed by atoms with Crippen molar-refractivity contribution in [2.75, 3.05) is 0 Å². The van der Waals surface area contributed by atoms with Crippen LogP contribution in [-0.4, -0.2) is 16.5 Å². The van der Waals surface area contributed by atoms with Crippen LogP contribution in [0.3, 0.4) is 0 Å². The molecule has 0 saturated heterocycles. The molecule has 0 spiro atoms. The van der Waals surface area contributed by atoms with Crippen LogP contribution in [0.4, 0.5) is 0 Å². The van der Waals surface area contributed by atoms with E-state index in [1.54, 1.807) is 0 Å². The Balaban J connectivity index is 2.22. The van der Waals surface area contributed by atoms with Crippen molar-refractivity contribution < 1.29 is 4.79 Å². The SMILES string of the molecule is O=Cc1cn[nH]c1/C=C\c1ccccc1. The number of aromatic amines is 1. The topological polar surface area (TPSA) is 45.8 Å². The van der Waals surface area contributed by atoms with Gasteiger partial charge in [-0.1, -0.05) is 36.4 Å². The fourth-order valence-corrected chi connectivity index (χ4v) is 1.28. The number of nitrogens with zero attached hydrogens (tertiary/aromatic N) is 1. The average molecular weight is 198 g/mol. The first-order valence-corrected chi connectivity index (χ1v) is 4.62. The fraction of sp³-hybridized carbons (Fsp3) is 0. The molecule has 0 aliphatic carbocycles. The summed E-state index contributed by atoms with van der Waals surface area (Å²) in [5, 5.41) is 6.56. The van der Waals surface area contributed by atoms with E-state index in [-0.39, 0.29) is 0 Å². The number of aromatic nitrogens is 2. The molecule has 3 heteroatoms. The molecule has 0 amide bonds. The molecule has 3 nitrogen and oxygen atoms in total. The lowest BCUT2D eigenvalue weighted by molar-refractivity contribution is 0.112. The Kier molecular flexibility index (Phi) is 2.74. The smallest absolute Gasteiger partial charge is 0.153 e. The van der Waals surface area contributed by atoms with Crippen LogP contribution in [0.2, 0.25) is 0 Å². The van der Waals surface area contributed by atoms with Gasteiger partial charge >= 0.3 is 0 Å². The van der Waals surface area contributed by atoms with Crippen molar-refractivity contribution >= 4 is 18.4 Å². The Bertz CT molecular complexity index is 471. The summed E-state index contributed by atoms with van der Waals surface area (Å²) in [4.78, 5) is 10.6. The largest absolute Gasteiger partial charge is 0.298 e. The number of aldehydes is 1. The van der Waals surface area contributed by atoms with Crippen LogP contribution in [0.1, 0.15) is 21.6 Å². The van der Waals surface area contributed by atoms with Gasteiger partial charge in [-0.05, 0) is 11.6 Å². The molecular weight excluding hydrogens is 188 g/mol. The van der Waals surface area contributed by atoms with E-state index in [4.69, 9.17) is 0 Å². The predicted molar refractivity (Wildman–Crippen MR) is 59.3 cm³/mol. The van der Waals surface area contributed by atoms with Gasteiger partial charge in [0.25, 0.3) is 0 Å². The highest BCUT2D eigenvalue weighted by Crippen LogP contribution is 2.08. The minimum atomic E-state index is 0.571. The second-order valence-corrected chi connectivity index (χ2v) is 3.10. The summed E-state index contributed by atoms with van der Waals surface area (Å²) in [6.45, 7) is 0. The lowest BCUT2D eigenvalue weighted by Gasteiger charge is -1.91. The van der Waals surface area contributed by atoms with E-state index in [0.717, 1.165) is 17.5 Å². The van der Waals surface area contributed by atoms with Crippen molar-refractivity contribution in [3.63, 3.8) is 0 Å². The fourth-order valence-electron chi connectivity index (χ4n) is 1.28. The molecule has 0 aliphatic rings. The van der Waals surface area contributed by atoms with Crippen molar-refractivity contribution in [2.45, 2.75) is 0 Å². The molecule has 2 rings (SSSR count). The number of carbonyl (C=O) groups is 1. The van der Waals surface area contributed by atoms with Crippen molar-refractivity contribution in [3.8, 4) is 0 Å². The molecule has 1 aromatic heterocycles. The highest BCUT2D eigenvalue weighted by molar-refractivity contribution is 5.83. The Morgan fingerprint density at radius 2 is 1.93 bits per heavy atom. The Labute approximate surface area is 87.5 Å². The highest BCUT2D eigenvalue weighted by Gasteiger charge is 1.98. The van der Waals surface area contributed by atoms with Gasteiger partial charge in [0.1, 0.15) is 0 Å². The Morgan fingerprint density at radius 1 is 1.13 bits per heavy atom. The van der Waals surface area contributed by atoms with Crippen LogP contribution in [0.15, 0.2) is 36.5 Å². The van der Waals surface area contributed by atoms with Crippen molar-refractivity contribution in [3.05, 3.63) is 53.3 Å². The van der Waals surface area contributed by atoms with Gasteiger partial charge < -0.3 is 0 Å². The zero-order valence-corrected chi connectivity index (χ0v) is 8.05. The van der Waals surface area contributed by atoms with E-state index in [0.29, 0.717) is 5.56 Å². The quantitative estimate of drug-likeness (QED) is 0.769. The van der Waals surface area contributed by atoms with E-state index >= 15 is 0 Å². The summed E-state index contributed by atoms with van der Waals surface area (Å²) in [6.07, 6.45) is 6.07. The number of nitrogens with one attached hydrogen (secondary N) is 1. The first-order valence-electron chi connectivity index (χ1n) is 4.62. The van der Waals surface area contributed by atoms with Gasteiger partial charge in [0.15, 0.2) is 6.29 Å². The lowest BCUT2D eigenvalue weighted by atomic mass is 10.2. The zero-order chi connectivity index (χ0) is 10.5. The molecule has 1 N–H and O–H groups in total. The van der Waals surface area contributed by atoms with Crippen LogP contribution in [-0.2, 0) is 0 Å². The molecule has 0 saturated carbocycles. The predicted octanol–water partition coefficient (Wildman–Crippen LogP) is 2.39. The van der Waals surface area contributed by atoms with Crippen LogP contribution >= 0.6 is 0 Å². The van der Waals surface area contributed by atoms with Crippen LogP contribution in [0.5, 0.6) is 0 Å². The van der Waals surface area contributed by atoms with Crippen molar-refractivity contribution in [1.29, 1.82) is 0 Å². The number of H-pyrrole nitrogens is 1. The number of benzene rings is 1. The maximum Gasteiger partial charge on any atom is 0.153 e. The third-order valence-electron chi connectivity index (χ3n) is 2.07. The van der Waals surface area contributed by atoms with Gasteiger partial charge in [-0.3, -0.25) is 9.89 Å². The van der Waals surface area contributed by atoms with E-state index < -0.39 is 0 Å². The summed E-state index contributed by atoms with van der Waals surface area (Å²) in [5.41, 5.74) is 2.39. The van der Waals surface area contributed by atoms with E-state index in [9.17, 15) is 4.79 Å². The van der Waals surface area contributed by atoms with Crippen LogP contribution < -0.4 is 0 Å². The summed E-state index contributed by atoms with van der Waals surface area (Å²) < 4.78 is 0. The van der Waals surface area contributed by atoms with Gasteiger partial charge in [-0.15, -0.1) is 0 Å². The summed E-state index contributed by atoms with van der Waals surface area (Å²) in [7, 11) is 0. The molecule has 0 fully saturated rings. The van der Waals surface area contributed by atoms with Crippen LogP contribution in [0.25, 0.3) is 12.2 Å². The standard InChI is InChI=1S/C12H10N2O/c15-9-11-8-13-14-12(11)7-6-10-4-2-1-3-5-10/h1-9H,(H,13,14)/b7-6-. The molecular formula is C12H10N2O. The molecule has 1 aromatic carbocycles. The Hall–Kier alpha value is -2.16. The summed E-state index contributed by atoms with van der Waals surface area (Å²) in [5.74, 6) is 0. The molecule has 0 bridgehead atoms. The molecule has 2 aromatic rings. The Morgan fingerprint density at radius 3 is 2.67 bits per heavy atom. The highest BCUT2D eigenvalue weighted by atomic mass is 16.1. The maximum atomic E-state index is 10.6. The second-order valence-electron chi connectivity index (χ2n) is 3.10. The van der Waals surface area contributed by atoms with Crippen LogP contribution in [0, 0.1) is 0 Å². The minimum absolute atomic E-state index is 0.571. The molecule has 0 radical (unpaired) electrons.